The first kappa shape index (κ1) is 22.6. The first-order chi connectivity index (χ1) is 18.5. The topological polar surface area (TPSA) is 105 Å². The van der Waals surface area contributed by atoms with E-state index in [-0.39, 0.29) is 29.5 Å². The van der Waals surface area contributed by atoms with Gasteiger partial charge >= 0.3 is 6.03 Å². The summed E-state index contributed by atoms with van der Waals surface area (Å²) in [6, 6.07) is 8.14. The summed E-state index contributed by atoms with van der Waals surface area (Å²) in [6.07, 6.45) is 6.61. The van der Waals surface area contributed by atoms with Crippen molar-refractivity contribution >= 4 is 45.5 Å². The van der Waals surface area contributed by atoms with Crippen LogP contribution in [0.25, 0.3) is 27.7 Å². The number of aromatic nitrogens is 4. The van der Waals surface area contributed by atoms with Crippen molar-refractivity contribution in [1.82, 2.24) is 34.3 Å². The Labute approximate surface area is 216 Å². The molecule has 3 aliphatic rings. The number of urea groups is 1. The zero-order chi connectivity index (χ0) is 26.0. The lowest BCUT2D eigenvalue weighted by Crippen LogP contribution is -2.45. The number of carbonyl (C=O) groups excluding carboxylic acids is 3. The smallest absolute Gasteiger partial charge is 0.320 e. The van der Waals surface area contributed by atoms with E-state index in [1.54, 1.807) is 39.9 Å². The SMILES string of the molecule is O=C1NC(=O)C(c2nnc3ccccn23)=C1c1cn2c3c(cc(F)cc13)CN(C(=O)N1CCCCC1)CC2. The molecule has 7 rings (SSSR count). The molecule has 10 nitrogen and oxygen atoms in total. The number of benzene rings is 1. The lowest BCUT2D eigenvalue weighted by atomic mass is 9.99. The standard InChI is InChI=1S/C27H24FN7O3/c28-17-12-16-14-34(27(38)32-7-3-1-4-8-32)11-10-33-15-19(18(13-17)23(16)33)21-22(26(37)29-25(21)36)24-31-30-20-6-2-5-9-35(20)24/h2,5-6,9,12-13,15H,1,3-4,7-8,10-11,14H2,(H,29,36,37). The predicted octanol–water partition coefficient (Wildman–Crippen LogP) is 2.81. The zero-order valence-corrected chi connectivity index (χ0v) is 20.5. The van der Waals surface area contributed by atoms with Gasteiger partial charge in [-0.1, -0.05) is 6.07 Å². The Morgan fingerprint density at radius 3 is 2.58 bits per heavy atom. The molecule has 192 valence electrons. The average molecular weight is 514 g/mol. The predicted molar refractivity (Wildman–Crippen MR) is 136 cm³/mol. The van der Waals surface area contributed by atoms with Gasteiger partial charge in [0.2, 0.25) is 0 Å². The van der Waals surface area contributed by atoms with Crippen LogP contribution in [0, 0.1) is 5.82 Å². The summed E-state index contributed by atoms with van der Waals surface area (Å²) in [5, 5.41) is 11.2. The fraction of sp³-hybridized carbons (Fsp3) is 0.296. The third-order valence-corrected chi connectivity index (χ3v) is 7.62. The van der Waals surface area contributed by atoms with Gasteiger partial charge in [-0.25, -0.2) is 9.18 Å². The number of amides is 4. The minimum atomic E-state index is -0.578. The van der Waals surface area contributed by atoms with Crippen molar-refractivity contribution in [2.45, 2.75) is 32.4 Å². The highest BCUT2D eigenvalue weighted by atomic mass is 19.1. The lowest BCUT2D eigenvalue weighted by Gasteiger charge is -2.32. The lowest BCUT2D eigenvalue weighted by molar-refractivity contribution is -0.122. The van der Waals surface area contributed by atoms with Gasteiger partial charge in [-0.2, -0.15) is 0 Å². The highest BCUT2D eigenvalue weighted by Gasteiger charge is 2.37. The van der Waals surface area contributed by atoms with Crippen LogP contribution in [0.4, 0.5) is 9.18 Å². The van der Waals surface area contributed by atoms with Crippen LogP contribution in [0.5, 0.6) is 0 Å². The van der Waals surface area contributed by atoms with Gasteiger partial charge in [-0.15, -0.1) is 10.2 Å². The normalized spacial score (nSPS) is 18.0. The molecule has 4 amide bonds. The molecule has 3 aliphatic heterocycles. The van der Waals surface area contributed by atoms with Gasteiger partial charge in [-0.05, 0) is 49.1 Å². The summed E-state index contributed by atoms with van der Waals surface area (Å²) >= 11 is 0. The Morgan fingerprint density at radius 2 is 1.74 bits per heavy atom. The maximum absolute atomic E-state index is 15.0. The largest absolute Gasteiger partial charge is 0.345 e. The van der Waals surface area contributed by atoms with E-state index in [2.05, 4.69) is 15.5 Å². The number of hydrogen-bond donors (Lipinski definition) is 1. The number of nitrogens with zero attached hydrogens (tertiary/aromatic N) is 6. The fourth-order valence-electron chi connectivity index (χ4n) is 5.89. The van der Waals surface area contributed by atoms with Crippen LogP contribution >= 0.6 is 0 Å². The maximum Gasteiger partial charge on any atom is 0.320 e. The molecule has 1 aromatic carbocycles. The Kier molecular flexibility index (Phi) is 5.07. The molecule has 1 saturated heterocycles. The first-order valence-corrected chi connectivity index (χ1v) is 12.7. The molecule has 0 spiro atoms. The number of halogens is 1. The van der Waals surface area contributed by atoms with Crippen LogP contribution < -0.4 is 5.32 Å². The molecule has 0 radical (unpaired) electrons. The van der Waals surface area contributed by atoms with E-state index in [1.807, 2.05) is 9.47 Å². The molecule has 0 bridgehead atoms. The Balaban J connectivity index is 1.37. The molecular formula is C27H24FN7O3. The van der Waals surface area contributed by atoms with E-state index in [0.717, 1.165) is 37.9 Å². The van der Waals surface area contributed by atoms with E-state index in [4.69, 9.17) is 0 Å². The van der Waals surface area contributed by atoms with Crippen molar-refractivity contribution < 1.29 is 18.8 Å². The number of pyridine rings is 1. The van der Waals surface area contributed by atoms with Crippen molar-refractivity contribution in [3.8, 4) is 0 Å². The molecule has 3 aromatic heterocycles. The number of fused-ring (bicyclic) bond motifs is 1. The number of nitrogens with one attached hydrogen (secondary N) is 1. The molecule has 0 atom stereocenters. The highest BCUT2D eigenvalue weighted by molar-refractivity contribution is 6.49. The molecule has 1 N–H and O–H groups in total. The number of likely N-dealkylation sites (tertiary alicyclic amines) is 1. The molecule has 6 heterocycles. The molecule has 0 unspecified atom stereocenters. The van der Waals surface area contributed by atoms with Crippen molar-refractivity contribution in [3.05, 3.63) is 65.5 Å². The summed E-state index contributed by atoms with van der Waals surface area (Å²) in [6.45, 7) is 2.66. The van der Waals surface area contributed by atoms with Crippen LogP contribution in [-0.2, 0) is 22.7 Å². The van der Waals surface area contributed by atoms with Crippen LogP contribution in [0.2, 0.25) is 0 Å². The van der Waals surface area contributed by atoms with Gasteiger partial charge in [-0.3, -0.25) is 19.3 Å². The minimum absolute atomic E-state index is 0.0301. The number of hydrogen-bond acceptors (Lipinski definition) is 5. The van der Waals surface area contributed by atoms with Crippen LogP contribution in [0.15, 0.2) is 42.7 Å². The van der Waals surface area contributed by atoms with E-state index in [1.165, 1.54) is 12.1 Å². The second-order valence-electron chi connectivity index (χ2n) is 9.93. The second-order valence-corrected chi connectivity index (χ2v) is 9.93. The summed E-state index contributed by atoms with van der Waals surface area (Å²) in [7, 11) is 0. The summed E-state index contributed by atoms with van der Waals surface area (Å²) in [5.41, 5.74) is 2.62. The van der Waals surface area contributed by atoms with Crippen LogP contribution in [-0.4, -0.2) is 66.4 Å². The van der Waals surface area contributed by atoms with Gasteiger partial charge in [0.25, 0.3) is 11.8 Å². The third-order valence-electron chi connectivity index (χ3n) is 7.62. The van der Waals surface area contributed by atoms with Crippen molar-refractivity contribution in [2.75, 3.05) is 19.6 Å². The summed E-state index contributed by atoms with van der Waals surface area (Å²) in [4.78, 5) is 43.0. The molecule has 38 heavy (non-hydrogen) atoms. The summed E-state index contributed by atoms with van der Waals surface area (Å²) in [5.74, 6) is -1.38. The Hall–Kier alpha value is -4.54. The van der Waals surface area contributed by atoms with Crippen LogP contribution in [0.3, 0.4) is 0 Å². The van der Waals surface area contributed by atoms with Gasteiger partial charge < -0.3 is 14.4 Å². The van der Waals surface area contributed by atoms with Crippen LogP contribution in [0.1, 0.15) is 36.2 Å². The molecule has 0 saturated carbocycles. The zero-order valence-electron chi connectivity index (χ0n) is 20.5. The quantitative estimate of drug-likeness (QED) is 0.415. The average Bonchev–Trinajstić information content (AvgIpc) is 3.54. The van der Waals surface area contributed by atoms with Gasteiger partial charge in [0.05, 0.1) is 16.7 Å². The third kappa shape index (κ3) is 3.41. The first-order valence-electron chi connectivity index (χ1n) is 12.7. The number of imide groups is 1. The number of carbonyl (C=O) groups is 3. The molecule has 1 fully saturated rings. The molecule has 0 aliphatic carbocycles. The number of rotatable bonds is 2. The van der Waals surface area contributed by atoms with Crippen molar-refractivity contribution in [1.29, 1.82) is 0 Å². The van der Waals surface area contributed by atoms with E-state index in [0.29, 0.717) is 35.2 Å². The molecular weight excluding hydrogens is 489 g/mol. The molecule has 11 heteroatoms. The second kappa shape index (κ2) is 8.51. The number of piperidine rings is 1. The maximum atomic E-state index is 15.0. The van der Waals surface area contributed by atoms with E-state index < -0.39 is 17.6 Å². The Morgan fingerprint density at radius 1 is 0.921 bits per heavy atom. The Bertz CT molecular complexity index is 1700. The van der Waals surface area contributed by atoms with Gasteiger partial charge in [0.1, 0.15) is 5.82 Å². The van der Waals surface area contributed by atoms with Gasteiger partial charge in [0, 0.05) is 56.1 Å². The van der Waals surface area contributed by atoms with E-state index in [9.17, 15) is 14.4 Å². The van der Waals surface area contributed by atoms with Gasteiger partial charge in [0.15, 0.2) is 11.5 Å². The summed E-state index contributed by atoms with van der Waals surface area (Å²) < 4.78 is 18.6. The van der Waals surface area contributed by atoms with E-state index >= 15 is 4.39 Å². The minimum Gasteiger partial charge on any atom is -0.345 e. The van der Waals surface area contributed by atoms with Crippen molar-refractivity contribution in [3.63, 3.8) is 0 Å². The highest BCUT2D eigenvalue weighted by Crippen LogP contribution is 2.38. The fourth-order valence-corrected chi connectivity index (χ4v) is 5.89. The monoisotopic (exact) mass is 513 g/mol. The molecule has 4 aromatic rings. The van der Waals surface area contributed by atoms with Crippen molar-refractivity contribution in [2.24, 2.45) is 0 Å².